The van der Waals surface area contributed by atoms with Gasteiger partial charge in [0.1, 0.15) is 0 Å². The first-order chi connectivity index (χ1) is 10.8. The molecule has 1 amide bonds. The summed E-state index contributed by atoms with van der Waals surface area (Å²) >= 11 is 1.59. The highest BCUT2D eigenvalue weighted by atomic mass is 32.1. The third kappa shape index (κ3) is 2.40. The Morgan fingerprint density at radius 2 is 1.95 bits per heavy atom. The number of thiazole rings is 1. The second-order valence-electron chi connectivity index (χ2n) is 5.17. The van der Waals surface area contributed by atoms with Gasteiger partial charge in [-0.15, -0.1) is 0 Å². The quantitative estimate of drug-likeness (QED) is 0.730. The van der Waals surface area contributed by atoms with E-state index in [4.69, 9.17) is 4.74 Å². The largest absolute Gasteiger partial charge is 0.378 e. The summed E-state index contributed by atoms with van der Waals surface area (Å²) in [5.41, 5.74) is 1.64. The van der Waals surface area contributed by atoms with Crippen molar-refractivity contribution in [3.05, 3.63) is 48.3 Å². The minimum absolute atomic E-state index is 0.0705. The van der Waals surface area contributed by atoms with Crippen molar-refractivity contribution < 1.29 is 9.53 Å². The highest BCUT2D eigenvalue weighted by Gasteiger charge is 2.19. The molecule has 0 bridgehead atoms. The van der Waals surface area contributed by atoms with Crippen LogP contribution in [0.3, 0.4) is 0 Å². The molecule has 0 aliphatic carbocycles. The molecule has 2 aromatic heterocycles. The fourth-order valence-electron chi connectivity index (χ4n) is 2.57. The van der Waals surface area contributed by atoms with Crippen molar-refractivity contribution in [3.63, 3.8) is 0 Å². The number of carbonyl (C=O) groups is 1. The first kappa shape index (κ1) is 13.5. The zero-order valence-electron chi connectivity index (χ0n) is 11.9. The van der Waals surface area contributed by atoms with E-state index < -0.39 is 0 Å². The average Bonchev–Trinajstić information content (AvgIpc) is 3.23. The monoisotopic (exact) mass is 313 g/mol. The molecular formula is C16H15N3O2S. The summed E-state index contributed by atoms with van der Waals surface area (Å²) in [5, 5.41) is 0.913. The molecule has 4 rings (SSSR count). The van der Waals surface area contributed by atoms with Crippen LogP contribution < -0.4 is 0 Å². The van der Waals surface area contributed by atoms with Gasteiger partial charge < -0.3 is 14.2 Å². The Kier molecular flexibility index (Phi) is 3.40. The van der Waals surface area contributed by atoms with Crippen LogP contribution in [0.1, 0.15) is 10.4 Å². The number of rotatable bonds is 2. The third-order valence-corrected chi connectivity index (χ3v) is 4.78. The van der Waals surface area contributed by atoms with Crippen LogP contribution in [0.2, 0.25) is 0 Å². The molecule has 0 radical (unpaired) electrons. The van der Waals surface area contributed by atoms with Gasteiger partial charge in [0.05, 0.1) is 23.4 Å². The van der Waals surface area contributed by atoms with Gasteiger partial charge in [-0.1, -0.05) is 11.3 Å². The van der Waals surface area contributed by atoms with Gasteiger partial charge >= 0.3 is 0 Å². The maximum absolute atomic E-state index is 12.5. The van der Waals surface area contributed by atoms with Crippen LogP contribution in [0.25, 0.3) is 15.3 Å². The van der Waals surface area contributed by atoms with E-state index in [9.17, 15) is 4.79 Å². The Balaban J connectivity index is 1.66. The minimum Gasteiger partial charge on any atom is -0.378 e. The van der Waals surface area contributed by atoms with Crippen LogP contribution in [0.5, 0.6) is 0 Å². The van der Waals surface area contributed by atoms with Gasteiger partial charge in [0, 0.05) is 31.0 Å². The van der Waals surface area contributed by atoms with Crippen molar-refractivity contribution >= 4 is 27.5 Å². The first-order valence-electron chi connectivity index (χ1n) is 7.22. The average molecular weight is 313 g/mol. The lowest BCUT2D eigenvalue weighted by atomic mass is 10.2. The second kappa shape index (κ2) is 5.55. The molecule has 0 spiro atoms. The molecule has 22 heavy (non-hydrogen) atoms. The van der Waals surface area contributed by atoms with Crippen molar-refractivity contribution in [2.45, 2.75) is 0 Å². The third-order valence-electron chi connectivity index (χ3n) is 3.75. The van der Waals surface area contributed by atoms with E-state index in [1.54, 1.807) is 11.3 Å². The smallest absolute Gasteiger partial charge is 0.254 e. The normalized spacial score (nSPS) is 15.4. The lowest BCUT2D eigenvalue weighted by Gasteiger charge is -2.26. The number of aromatic nitrogens is 2. The van der Waals surface area contributed by atoms with Gasteiger partial charge in [0.25, 0.3) is 5.91 Å². The molecule has 6 heteroatoms. The van der Waals surface area contributed by atoms with Gasteiger partial charge in [-0.05, 0) is 30.3 Å². The first-order valence-corrected chi connectivity index (χ1v) is 8.04. The number of hydrogen-bond donors (Lipinski definition) is 0. The van der Waals surface area contributed by atoms with Crippen molar-refractivity contribution in [1.29, 1.82) is 0 Å². The molecule has 3 heterocycles. The highest BCUT2D eigenvalue weighted by Crippen LogP contribution is 2.26. The Morgan fingerprint density at radius 3 is 2.73 bits per heavy atom. The number of hydrogen-bond acceptors (Lipinski definition) is 4. The van der Waals surface area contributed by atoms with Gasteiger partial charge in [-0.2, -0.15) is 0 Å². The number of morpholine rings is 1. The summed E-state index contributed by atoms with van der Waals surface area (Å²) < 4.78 is 8.31. The molecule has 1 aromatic carbocycles. The number of carbonyl (C=O) groups excluding carboxylic acids is 1. The van der Waals surface area contributed by atoms with Crippen LogP contribution in [0.4, 0.5) is 0 Å². The molecule has 5 nitrogen and oxygen atoms in total. The molecule has 1 fully saturated rings. The van der Waals surface area contributed by atoms with Gasteiger partial charge in [-0.3, -0.25) is 4.79 Å². The Bertz CT molecular complexity index is 804. The molecule has 112 valence electrons. The van der Waals surface area contributed by atoms with E-state index in [1.807, 2.05) is 52.2 Å². The lowest BCUT2D eigenvalue weighted by molar-refractivity contribution is 0.0303. The Hall–Kier alpha value is -2.18. The summed E-state index contributed by atoms with van der Waals surface area (Å²) in [6.07, 6.45) is 3.94. The van der Waals surface area contributed by atoms with E-state index >= 15 is 0 Å². The predicted octanol–water partition coefficient (Wildman–Crippen LogP) is 2.56. The summed E-state index contributed by atoms with van der Waals surface area (Å²) in [6, 6.07) is 9.67. The maximum atomic E-state index is 12.5. The minimum atomic E-state index is 0.0705. The fourth-order valence-corrected chi connectivity index (χ4v) is 3.54. The Morgan fingerprint density at radius 1 is 1.18 bits per heavy atom. The van der Waals surface area contributed by atoms with E-state index in [1.165, 1.54) is 0 Å². The van der Waals surface area contributed by atoms with Crippen molar-refractivity contribution in [1.82, 2.24) is 14.5 Å². The summed E-state index contributed by atoms with van der Waals surface area (Å²) in [5.74, 6) is 0.0705. The van der Waals surface area contributed by atoms with Gasteiger partial charge in [0.15, 0.2) is 5.13 Å². The molecule has 0 atom stereocenters. The van der Waals surface area contributed by atoms with E-state index in [0.717, 1.165) is 20.9 Å². The summed E-state index contributed by atoms with van der Waals surface area (Å²) in [7, 11) is 0. The van der Waals surface area contributed by atoms with Crippen LogP contribution in [-0.4, -0.2) is 46.7 Å². The number of nitrogens with zero attached hydrogens (tertiary/aromatic N) is 3. The van der Waals surface area contributed by atoms with E-state index in [0.29, 0.717) is 26.3 Å². The number of ether oxygens (including phenoxy) is 1. The molecular weight excluding hydrogens is 298 g/mol. The SMILES string of the molecule is O=C(c1ccc2nc(-n3cccc3)sc2c1)N1CCOCC1. The van der Waals surface area contributed by atoms with Crippen LogP contribution in [0, 0.1) is 0 Å². The van der Waals surface area contributed by atoms with Crippen LogP contribution in [0.15, 0.2) is 42.7 Å². The maximum Gasteiger partial charge on any atom is 0.254 e. The molecule has 0 saturated carbocycles. The van der Waals surface area contributed by atoms with Crippen molar-refractivity contribution in [3.8, 4) is 5.13 Å². The lowest BCUT2D eigenvalue weighted by Crippen LogP contribution is -2.40. The second-order valence-corrected chi connectivity index (χ2v) is 6.18. The van der Waals surface area contributed by atoms with Crippen LogP contribution >= 0.6 is 11.3 Å². The van der Waals surface area contributed by atoms with Gasteiger partial charge in [0.2, 0.25) is 0 Å². The predicted molar refractivity (Wildman–Crippen MR) is 85.7 cm³/mol. The Labute approximate surface area is 131 Å². The standard InChI is InChI=1S/C16H15N3O2S/c20-15(18-7-9-21-10-8-18)12-3-4-13-14(11-12)22-16(17-13)19-5-1-2-6-19/h1-6,11H,7-10H2. The molecule has 1 aliphatic heterocycles. The van der Waals surface area contributed by atoms with E-state index in [-0.39, 0.29) is 5.91 Å². The number of amides is 1. The summed E-state index contributed by atoms with van der Waals surface area (Å²) in [4.78, 5) is 19.0. The molecule has 1 aliphatic rings. The molecule has 0 unspecified atom stereocenters. The molecule has 1 saturated heterocycles. The topological polar surface area (TPSA) is 47.4 Å². The van der Waals surface area contributed by atoms with E-state index in [2.05, 4.69) is 4.98 Å². The fraction of sp³-hybridized carbons (Fsp3) is 0.250. The van der Waals surface area contributed by atoms with Crippen LogP contribution in [-0.2, 0) is 4.74 Å². The zero-order valence-corrected chi connectivity index (χ0v) is 12.8. The number of benzene rings is 1. The highest BCUT2D eigenvalue weighted by molar-refractivity contribution is 7.20. The summed E-state index contributed by atoms with van der Waals surface area (Å²) in [6.45, 7) is 2.56. The van der Waals surface area contributed by atoms with Gasteiger partial charge in [-0.25, -0.2) is 4.98 Å². The molecule has 0 N–H and O–H groups in total. The van der Waals surface area contributed by atoms with Crippen molar-refractivity contribution in [2.75, 3.05) is 26.3 Å². The molecule has 3 aromatic rings. The van der Waals surface area contributed by atoms with Crippen molar-refractivity contribution in [2.24, 2.45) is 0 Å². The zero-order chi connectivity index (χ0) is 14.9. The number of fused-ring (bicyclic) bond motifs is 1.